The van der Waals surface area contributed by atoms with Crippen molar-refractivity contribution in [2.75, 3.05) is 12.3 Å². The number of carbonyl (C=O) groups excluding carboxylic acids is 1. The fourth-order valence-corrected chi connectivity index (χ4v) is 3.60. The molecule has 0 saturated carbocycles. The predicted octanol–water partition coefficient (Wildman–Crippen LogP) is 4.07. The highest BCUT2D eigenvalue weighted by atomic mass is 32.2. The minimum Gasteiger partial charge on any atom is -0.472 e. The van der Waals surface area contributed by atoms with Crippen molar-refractivity contribution >= 4 is 17.7 Å². The molecule has 8 heteroatoms. The van der Waals surface area contributed by atoms with E-state index in [1.807, 2.05) is 0 Å². The first-order chi connectivity index (χ1) is 10.9. The number of hydrogen-bond donors (Lipinski definition) is 0. The van der Waals surface area contributed by atoms with E-state index >= 15 is 0 Å². The zero-order valence-corrected chi connectivity index (χ0v) is 12.6. The Morgan fingerprint density at radius 1 is 1.26 bits per heavy atom. The van der Waals surface area contributed by atoms with Crippen molar-refractivity contribution in [3.05, 3.63) is 54.0 Å². The van der Waals surface area contributed by atoms with E-state index < -0.39 is 6.36 Å². The Labute approximate surface area is 134 Å². The lowest BCUT2D eigenvalue weighted by Crippen LogP contribution is -2.30. The molecule has 1 unspecified atom stereocenters. The monoisotopic (exact) mass is 343 g/mol. The lowest BCUT2D eigenvalue weighted by atomic mass is 10.2. The van der Waals surface area contributed by atoms with Crippen LogP contribution in [-0.4, -0.2) is 29.5 Å². The van der Waals surface area contributed by atoms with E-state index in [0.29, 0.717) is 12.1 Å². The molecule has 0 aliphatic carbocycles. The number of alkyl halides is 3. The number of carbonyl (C=O) groups is 1. The first-order valence-corrected chi connectivity index (χ1v) is 7.79. The molecule has 1 atom stereocenters. The quantitative estimate of drug-likeness (QED) is 0.843. The molecule has 1 fully saturated rings. The summed E-state index contributed by atoms with van der Waals surface area (Å²) in [6.07, 6.45) is -1.91. The van der Waals surface area contributed by atoms with Crippen LogP contribution in [-0.2, 0) is 0 Å². The summed E-state index contributed by atoms with van der Waals surface area (Å²) in [6, 6.07) is 7.17. The van der Waals surface area contributed by atoms with E-state index in [4.69, 9.17) is 4.42 Å². The Morgan fingerprint density at radius 2 is 2.00 bits per heavy atom. The lowest BCUT2D eigenvalue weighted by molar-refractivity contribution is -0.274. The van der Waals surface area contributed by atoms with Crippen molar-refractivity contribution in [1.29, 1.82) is 0 Å². The summed E-state index contributed by atoms with van der Waals surface area (Å²) < 4.78 is 45.3. The van der Waals surface area contributed by atoms with Crippen LogP contribution >= 0.6 is 11.8 Å². The molecule has 2 heterocycles. The van der Waals surface area contributed by atoms with E-state index in [1.54, 1.807) is 34.9 Å². The molecule has 0 N–H and O–H groups in total. The third-order valence-corrected chi connectivity index (χ3v) is 4.58. The number of nitrogens with zero attached hydrogens (tertiary/aromatic N) is 1. The summed E-state index contributed by atoms with van der Waals surface area (Å²) >= 11 is 1.56. The standard InChI is InChI=1S/C15H12F3NO3S/c16-15(17,18)22-12-3-1-10(2-4-12)14-19(6-8-23-14)13(20)11-5-7-21-9-11/h1-5,7,9,14H,6,8H2. The molecule has 1 aromatic carbocycles. The Kier molecular flexibility index (Phi) is 4.25. The van der Waals surface area contributed by atoms with Gasteiger partial charge in [0.1, 0.15) is 17.4 Å². The average molecular weight is 343 g/mol. The molecule has 1 amide bonds. The topological polar surface area (TPSA) is 42.7 Å². The van der Waals surface area contributed by atoms with E-state index in [1.165, 1.54) is 24.7 Å². The molecule has 4 nitrogen and oxygen atoms in total. The van der Waals surface area contributed by atoms with Gasteiger partial charge in [-0.05, 0) is 23.8 Å². The van der Waals surface area contributed by atoms with Crippen LogP contribution in [0.5, 0.6) is 5.75 Å². The van der Waals surface area contributed by atoms with Crippen molar-refractivity contribution in [3.8, 4) is 5.75 Å². The maximum absolute atomic E-state index is 12.4. The van der Waals surface area contributed by atoms with Crippen molar-refractivity contribution in [1.82, 2.24) is 4.90 Å². The SMILES string of the molecule is O=C(c1ccoc1)N1CCSC1c1ccc(OC(F)(F)F)cc1. The van der Waals surface area contributed by atoms with Gasteiger partial charge in [-0.25, -0.2) is 0 Å². The van der Waals surface area contributed by atoms with E-state index in [-0.39, 0.29) is 17.0 Å². The summed E-state index contributed by atoms with van der Waals surface area (Å²) in [5, 5.41) is -0.239. The second-order valence-corrected chi connectivity index (χ2v) is 6.04. The summed E-state index contributed by atoms with van der Waals surface area (Å²) in [6.45, 7) is 0.570. The fraction of sp³-hybridized carbons (Fsp3) is 0.267. The first-order valence-electron chi connectivity index (χ1n) is 6.74. The van der Waals surface area contributed by atoms with Crippen molar-refractivity contribution in [3.63, 3.8) is 0 Å². The van der Waals surface area contributed by atoms with Crippen LogP contribution in [0.3, 0.4) is 0 Å². The number of thioether (sulfide) groups is 1. The molecule has 0 bridgehead atoms. The van der Waals surface area contributed by atoms with Gasteiger partial charge in [-0.2, -0.15) is 0 Å². The molecule has 2 aromatic rings. The van der Waals surface area contributed by atoms with E-state index in [0.717, 1.165) is 11.3 Å². The number of ether oxygens (including phenoxy) is 1. The number of amides is 1. The van der Waals surface area contributed by atoms with Crippen LogP contribution < -0.4 is 4.74 Å². The Bertz CT molecular complexity index is 670. The molecule has 3 rings (SSSR count). The van der Waals surface area contributed by atoms with Gasteiger partial charge in [0.25, 0.3) is 5.91 Å². The maximum atomic E-state index is 12.4. The molecular formula is C15H12F3NO3S. The van der Waals surface area contributed by atoms with Gasteiger partial charge in [0.2, 0.25) is 0 Å². The van der Waals surface area contributed by atoms with Gasteiger partial charge in [0.05, 0.1) is 11.8 Å². The van der Waals surface area contributed by atoms with Crippen molar-refractivity contribution < 1.29 is 27.1 Å². The van der Waals surface area contributed by atoms with Gasteiger partial charge in [-0.1, -0.05) is 12.1 Å². The molecule has 1 saturated heterocycles. The predicted molar refractivity (Wildman–Crippen MR) is 78.1 cm³/mol. The Balaban J connectivity index is 1.76. The fourth-order valence-electron chi connectivity index (χ4n) is 2.34. The van der Waals surface area contributed by atoms with E-state index in [2.05, 4.69) is 4.74 Å². The summed E-state index contributed by atoms with van der Waals surface area (Å²) in [4.78, 5) is 14.1. The smallest absolute Gasteiger partial charge is 0.472 e. The zero-order chi connectivity index (χ0) is 16.4. The zero-order valence-electron chi connectivity index (χ0n) is 11.7. The number of furan rings is 1. The maximum Gasteiger partial charge on any atom is 0.573 e. The largest absolute Gasteiger partial charge is 0.573 e. The first kappa shape index (κ1) is 15.8. The van der Waals surface area contributed by atoms with Gasteiger partial charge in [-0.15, -0.1) is 24.9 Å². The highest BCUT2D eigenvalue weighted by Gasteiger charge is 2.33. The van der Waals surface area contributed by atoms with Crippen LogP contribution in [0.15, 0.2) is 47.3 Å². The molecule has 0 spiro atoms. The minimum atomic E-state index is -4.72. The van der Waals surface area contributed by atoms with Gasteiger partial charge < -0.3 is 14.1 Å². The van der Waals surface area contributed by atoms with Crippen molar-refractivity contribution in [2.45, 2.75) is 11.7 Å². The molecular weight excluding hydrogens is 331 g/mol. The van der Waals surface area contributed by atoms with Crippen LogP contribution in [0.25, 0.3) is 0 Å². The third kappa shape index (κ3) is 3.64. The number of hydrogen-bond acceptors (Lipinski definition) is 4. The molecule has 122 valence electrons. The van der Waals surface area contributed by atoms with Gasteiger partial charge in [0.15, 0.2) is 0 Å². The number of halogens is 3. The summed E-state index contributed by atoms with van der Waals surface area (Å²) in [7, 11) is 0. The highest BCUT2D eigenvalue weighted by Crippen LogP contribution is 2.39. The normalized spacial score (nSPS) is 18.2. The molecule has 1 aliphatic rings. The van der Waals surface area contributed by atoms with Gasteiger partial charge in [0, 0.05) is 12.3 Å². The molecule has 1 aliphatic heterocycles. The van der Waals surface area contributed by atoms with Crippen LogP contribution in [0.1, 0.15) is 21.3 Å². The molecule has 1 aromatic heterocycles. The number of benzene rings is 1. The number of rotatable bonds is 3. The minimum absolute atomic E-state index is 0.163. The summed E-state index contributed by atoms with van der Waals surface area (Å²) in [5.41, 5.74) is 1.20. The molecule has 0 radical (unpaired) electrons. The van der Waals surface area contributed by atoms with Crippen LogP contribution in [0.4, 0.5) is 13.2 Å². The van der Waals surface area contributed by atoms with Crippen LogP contribution in [0, 0.1) is 0 Å². The highest BCUT2D eigenvalue weighted by molar-refractivity contribution is 7.99. The lowest BCUT2D eigenvalue weighted by Gasteiger charge is -2.23. The molecule has 23 heavy (non-hydrogen) atoms. The Morgan fingerprint density at radius 3 is 2.61 bits per heavy atom. The van der Waals surface area contributed by atoms with Gasteiger partial charge in [-0.3, -0.25) is 4.79 Å². The second-order valence-electron chi connectivity index (χ2n) is 4.85. The van der Waals surface area contributed by atoms with Crippen LogP contribution in [0.2, 0.25) is 0 Å². The average Bonchev–Trinajstić information content (AvgIpc) is 3.17. The summed E-state index contributed by atoms with van der Waals surface area (Å²) in [5.74, 6) is 0.316. The van der Waals surface area contributed by atoms with E-state index in [9.17, 15) is 18.0 Å². The van der Waals surface area contributed by atoms with Gasteiger partial charge >= 0.3 is 6.36 Å². The Hall–Kier alpha value is -2.09. The van der Waals surface area contributed by atoms with Crippen molar-refractivity contribution in [2.24, 2.45) is 0 Å². The second kappa shape index (κ2) is 6.19. The third-order valence-electron chi connectivity index (χ3n) is 3.32.